The second-order valence-electron chi connectivity index (χ2n) is 5.88. The molecule has 2 heterocycles. The molecule has 3 aromatic rings. The summed E-state index contributed by atoms with van der Waals surface area (Å²) in [7, 11) is 0. The Labute approximate surface area is 165 Å². The Morgan fingerprint density at radius 3 is 2.07 bits per heavy atom. The molecule has 4 nitrogen and oxygen atoms in total. The van der Waals surface area contributed by atoms with E-state index >= 15 is 0 Å². The van der Waals surface area contributed by atoms with Crippen molar-refractivity contribution < 1.29 is 19.1 Å². The van der Waals surface area contributed by atoms with Crippen LogP contribution in [0.3, 0.4) is 0 Å². The normalized spacial score (nSPS) is 12.9. The highest BCUT2D eigenvalue weighted by atomic mass is 32.1. The van der Waals surface area contributed by atoms with E-state index in [0.29, 0.717) is 15.3 Å². The quantitative estimate of drug-likeness (QED) is 0.312. The molecule has 0 amide bonds. The lowest BCUT2D eigenvalue weighted by Crippen LogP contribution is -2.46. The molecule has 0 fully saturated rings. The highest BCUT2D eigenvalue weighted by Crippen LogP contribution is 2.36. The van der Waals surface area contributed by atoms with Gasteiger partial charge in [-0.15, -0.1) is 22.7 Å². The molecule has 0 radical (unpaired) electrons. The summed E-state index contributed by atoms with van der Waals surface area (Å²) >= 11 is 2.54. The van der Waals surface area contributed by atoms with Crippen molar-refractivity contribution in [3.8, 4) is 0 Å². The summed E-state index contributed by atoms with van der Waals surface area (Å²) in [6.45, 7) is 1.81. The Morgan fingerprint density at radius 1 is 0.889 bits per heavy atom. The van der Waals surface area contributed by atoms with Crippen LogP contribution in [-0.2, 0) is 14.9 Å². The molecule has 0 saturated heterocycles. The molecule has 0 saturated carbocycles. The Hall–Kier alpha value is -2.57. The Balaban J connectivity index is 2.16. The van der Waals surface area contributed by atoms with Crippen LogP contribution in [0.4, 0.5) is 0 Å². The van der Waals surface area contributed by atoms with E-state index in [4.69, 9.17) is 4.74 Å². The predicted molar refractivity (Wildman–Crippen MR) is 107 cm³/mol. The van der Waals surface area contributed by atoms with Gasteiger partial charge < -0.3 is 4.74 Å². The molecule has 0 spiro atoms. The van der Waals surface area contributed by atoms with E-state index in [0.717, 1.165) is 0 Å². The van der Waals surface area contributed by atoms with Gasteiger partial charge in [0.15, 0.2) is 17.0 Å². The molecular weight excluding hydrogens is 380 g/mol. The van der Waals surface area contributed by atoms with Crippen LogP contribution >= 0.6 is 22.7 Å². The van der Waals surface area contributed by atoms with Gasteiger partial charge in [-0.05, 0) is 35.4 Å². The van der Waals surface area contributed by atoms with Crippen LogP contribution < -0.4 is 0 Å². The van der Waals surface area contributed by atoms with Gasteiger partial charge in [0.1, 0.15) is 0 Å². The summed E-state index contributed by atoms with van der Waals surface area (Å²) in [4.78, 5) is 40.5. The first-order valence-corrected chi connectivity index (χ1v) is 10.2. The maximum Gasteiger partial charge on any atom is 0.325 e. The zero-order chi connectivity index (χ0) is 19.3. The molecule has 0 aliphatic carbocycles. The van der Waals surface area contributed by atoms with Crippen molar-refractivity contribution in [2.75, 3.05) is 6.61 Å². The topological polar surface area (TPSA) is 60.4 Å². The third-order valence-electron chi connectivity index (χ3n) is 4.24. The lowest BCUT2D eigenvalue weighted by Gasteiger charge is -2.29. The number of Topliss-reactive ketones (excluding diaryl/α,β-unsaturated/α-hetero) is 2. The van der Waals surface area contributed by atoms with Gasteiger partial charge >= 0.3 is 5.97 Å². The fourth-order valence-corrected chi connectivity index (χ4v) is 4.36. The number of hydrogen-bond donors (Lipinski definition) is 0. The average molecular weight is 399 g/mol. The van der Waals surface area contributed by atoms with Crippen molar-refractivity contribution in [2.24, 2.45) is 0 Å². The van der Waals surface area contributed by atoms with Crippen LogP contribution in [0.5, 0.6) is 0 Å². The Kier molecular flexibility index (Phi) is 5.98. The second kappa shape index (κ2) is 8.41. The number of carbonyl (C=O) groups is 3. The largest absolute Gasteiger partial charge is 0.465 e. The Bertz CT molecular complexity index is 915. The van der Waals surface area contributed by atoms with E-state index in [9.17, 15) is 14.4 Å². The van der Waals surface area contributed by atoms with Crippen LogP contribution in [0.1, 0.15) is 38.3 Å². The lowest BCUT2D eigenvalue weighted by atomic mass is 9.72. The average Bonchev–Trinajstić information content (AvgIpc) is 3.40. The number of ketones is 2. The smallest absolute Gasteiger partial charge is 0.325 e. The SMILES string of the molecule is CCOC(=O)[C@@](CC(=O)c1cccs1)(C(=O)c1cccs1)c1ccccc1. The first kappa shape index (κ1) is 19.2. The summed E-state index contributed by atoms with van der Waals surface area (Å²) < 4.78 is 5.30. The Morgan fingerprint density at radius 2 is 1.52 bits per heavy atom. The van der Waals surface area contributed by atoms with Gasteiger partial charge in [0.25, 0.3) is 0 Å². The van der Waals surface area contributed by atoms with Crippen LogP contribution in [0.25, 0.3) is 0 Å². The molecule has 2 aromatic heterocycles. The number of thiophene rings is 2. The molecule has 27 heavy (non-hydrogen) atoms. The zero-order valence-electron chi connectivity index (χ0n) is 14.7. The van der Waals surface area contributed by atoms with Crippen LogP contribution in [0.15, 0.2) is 65.4 Å². The monoisotopic (exact) mass is 398 g/mol. The first-order chi connectivity index (χ1) is 13.1. The van der Waals surface area contributed by atoms with Crippen LogP contribution in [-0.4, -0.2) is 24.1 Å². The van der Waals surface area contributed by atoms with E-state index < -0.39 is 17.2 Å². The molecule has 0 aliphatic rings. The van der Waals surface area contributed by atoms with Gasteiger partial charge in [0, 0.05) is 6.42 Å². The molecule has 0 N–H and O–H groups in total. The number of carbonyl (C=O) groups excluding carboxylic acids is 3. The third-order valence-corrected chi connectivity index (χ3v) is 6.02. The lowest BCUT2D eigenvalue weighted by molar-refractivity contribution is -0.148. The van der Waals surface area contributed by atoms with Gasteiger partial charge in [0.2, 0.25) is 0 Å². The van der Waals surface area contributed by atoms with Gasteiger partial charge in [-0.2, -0.15) is 0 Å². The fraction of sp³-hybridized carbons (Fsp3) is 0.190. The standard InChI is InChI=1S/C21H18O4S2/c1-2-25-20(24)21(15-8-4-3-5-9-15,19(23)18-11-7-13-27-18)14-16(22)17-10-6-12-26-17/h3-13H,2,14H2,1H3/t21-/m1/s1. The van der Waals surface area contributed by atoms with Crippen molar-refractivity contribution in [3.05, 3.63) is 80.7 Å². The van der Waals surface area contributed by atoms with E-state index in [1.54, 1.807) is 72.3 Å². The number of esters is 1. The number of benzene rings is 1. The van der Waals surface area contributed by atoms with Crippen LogP contribution in [0, 0.1) is 0 Å². The molecule has 0 aliphatic heterocycles. The number of hydrogen-bond acceptors (Lipinski definition) is 6. The minimum Gasteiger partial charge on any atom is -0.465 e. The maximum atomic E-state index is 13.5. The molecule has 0 bridgehead atoms. The molecule has 6 heteroatoms. The summed E-state index contributed by atoms with van der Waals surface area (Å²) in [5.41, 5.74) is -1.24. The van der Waals surface area contributed by atoms with Gasteiger partial charge in [-0.3, -0.25) is 14.4 Å². The van der Waals surface area contributed by atoms with E-state index in [-0.39, 0.29) is 18.8 Å². The molecule has 3 rings (SSSR count). The van der Waals surface area contributed by atoms with Crippen molar-refractivity contribution in [1.82, 2.24) is 0 Å². The molecule has 1 atom stereocenters. The van der Waals surface area contributed by atoms with Gasteiger partial charge in [0.05, 0.1) is 16.4 Å². The van der Waals surface area contributed by atoms with Gasteiger partial charge in [-0.1, -0.05) is 42.5 Å². The van der Waals surface area contributed by atoms with Crippen LogP contribution in [0.2, 0.25) is 0 Å². The highest BCUT2D eigenvalue weighted by Gasteiger charge is 2.51. The van der Waals surface area contributed by atoms with Crippen molar-refractivity contribution >= 4 is 40.2 Å². The summed E-state index contributed by atoms with van der Waals surface area (Å²) in [6, 6.07) is 15.6. The van der Waals surface area contributed by atoms with E-state index in [2.05, 4.69) is 0 Å². The minimum absolute atomic E-state index is 0.123. The summed E-state index contributed by atoms with van der Waals surface area (Å²) in [5, 5.41) is 3.57. The van der Waals surface area contributed by atoms with Crippen molar-refractivity contribution in [1.29, 1.82) is 0 Å². The zero-order valence-corrected chi connectivity index (χ0v) is 16.3. The minimum atomic E-state index is -1.71. The molecular formula is C21H18O4S2. The fourth-order valence-electron chi connectivity index (χ4n) is 2.96. The van der Waals surface area contributed by atoms with E-state index in [1.807, 2.05) is 0 Å². The summed E-state index contributed by atoms with van der Waals surface area (Å²) in [5.74, 6) is -1.36. The number of ether oxygens (including phenoxy) is 1. The summed E-state index contributed by atoms with van der Waals surface area (Å²) in [6.07, 6.45) is -0.271. The van der Waals surface area contributed by atoms with Crippen molar-refractivity contribution in [3.63, 3.8) is 0 Å². The first-order valence-electron chi connectivity index (χ1n) is 8.47. The maximum absolute atomic E-state index is 13.5. The second-order valence-corrected chi connectivity index (χ2v) is 7.77. The highest BCUT2D eigenvalue weighted by molar-refractivity contribution is 7.12. The predicted octanol–water partition coefficient (Wildman–Crippen LogP) is 4.77. The molecule has 1 aromatic carbocycles. The molecule has 0 unspecified atom stereocenters. The number of rotatable bonds is 8. The van der Waals surface area contributed by atoms with Gasteiger partial charge in [-0.25, -0.2) is 0 Å². The molecule has 138 valence electrons. The van der Waals surface area contributed by atoms with E-state index in [1.165, 1.54) is 22.7 Å². The van der Waals surface area contributed by atoms with Crippen molar-refractivity contribution in [2.45, 2.75) is 18.8 Å². The third kappa shape index (κ3) is 3.77.